The third-order valence-corrected chi connectivity index (χ3v) is 2.87. The van der Waals surface area contributed by atoms with E-state index in [1.165, 1.54) is 0 Å². The molecule has 1 aromatic carbocycles. The highest BCUT2D eigenvalue weighted by atomic mass is 35.5. The van der Waals surface area contributed by atoms with Gasteiger partial charge in [-0.25, -0.2) is 0 Å². The van der Waals surface area contributed by atoms with Gasteiger partial charge in [-0.2, -0.15) is 0 Å². The van der Waals surface area contributed by atoms with Crippen LogP contribution in [0.4, 0.5) is 0 Å². The Morgan fingerprint density at radius 3 is 2.61 bits per heavy atom. The molecule has 3 aromatic rings. The highest BCUT2D eigenvalue weighted by Gasteiger charge is 2.11. The monoisotopic (exact) mass is 256 g/mol. The minimum absolute atomic E-state index is 0.648. The molecule has 0 aliphatic heterocycles. The van der Waals surface area contributed by atoms with Crippen LogP contribution in [0.5, 0.6) is 0 Å². The second-order valence-corrected chi connectivity index (χ2v) is 4.10. The van der Waals surface area contributed by atoms with Gasteiger partial charge < -0.3 is 0 Å². The Morgan fingerprint density at radius 1 is 1.00 bits per heavy atom. The minimum Gasteiger partial charge on any atom is -0.279 e. The van der Waals surface area contributed by atoms with E-state index in [9.17, 15) is 0 Å². The third-order valence-electron chi connectivity index (χ3n) is 2.55. The maximum atomic E-state index is 6.18. The standard InChI is InChI=1S/C13H9ClN4/c14-10-5-1-2-7-12(10)18-9-16-17-13(18)11-6-3-4-8-15-11/h1-9H. The fourth-order valence-corrected chi connectivity index (χ4v) is 1.95. The summed E-state index contributed by atoms with van der Waals surface area (Å²) in [5.74, 6) is 0.670. The lowest BCUT2D eigenvalue weighted by atomic mass is 10.3. The number of aromatic nitrogens is 4. The van der Waals surface area contributed by atoms with E-state index < -0.39 is 0 Å². The van der Waals surface area contributed by atoms with Crippen molar-refractivity contribution < 1.29 is 0 Å². The summed E-state index contributed by atoms with van der Waals surface area (Å²) in [6, 6.07) is 13.2. The predicted molar refractivity (Wildman–Crippen MR) is 69.6 cm³/mol. The molecule has 2 heterocycles. The molecule has 88 valence electrons. The quantitative estimate of drug-likeness (QED) is 0.708. The van der Waals surface area contributed by atoms with Crippen LogP contribution in [0.3, 0.4) is 0 Å². The van der Waals surface area contributed by atoms with Crippen LogP contribution in [-0.2, 0) is 0 Å². The van der Waals surface area contributed by atoms with Crippen LogP contribution in [-0.4, -0.2) is 19.7 Å². The molecule has 2 aromatic heterocycles. The maximum Gasteiger partial charge on any atom is 0.187 e. The maximum absolute atomic E-state index is 6.18. The number of para-hydroxylation sites is 1. The third kappa shape index (κ3) is 1.87. The van der Waals surface area contributed by atoms with Crippen LogP contribution in [0.25, 0.3) is 17.2 Å². The highest BCUT2D eigenvalue weighted by molar-refractivity contribution is 6.32. The van der Waals surface area contributed by atoms with E-state index in [4.69, 9.17) is 11.6 Å². The zero-order valence-electron chi connectivity index (χ0n) is 9.36. The molecule has 3 rings (SSSR count). The Hall–Kier alpha value is -2.20. The number of hydrogen-bond acceptors (Lipinski definition) is 3. The van der Waals surface area contributed by atoms with Crippen molar-refractivity contribution in [1.29, 1.82) is 0 Å². The minimum atomic E-state index is 0.648. The van der Waals surface area contributed by atoms with E-state index in [0.29, 0.717) is 10.8 Å². The zero-order chi connectivity index (χ0) is 12.4. The van der Waals surface area contributed by atoms with Crippen molar-refractivity contribution in [1.82, 2.24) is 19.7 Å². The number of nitrogens with zero attached hydrogens (tertiary/aromatic N) is 4. The SMILES string of the molecule is Clc1ccccc1-n1cnnc1-c1ccccn1. The summed E-state index contributed by atoms with van der Waals surface area (Å²) in [6.07, 6.45) is 3.35. The van der Waals surface area contributed by atoms with Gasteiger partial charge in [-0.1, -0.05) is 29.8 Å². The molecule has 0 bridgehead atoms. The summed E-state index contributed by atoms with van der Waals surface area (Å²) in [5, 5.41) is 8.67. The van der Waals surface area contributed by atoms with E-state index >= 15 is 0 Å². The van der Waals surface area contributed by atoms with Gasteiger partial charge >= 0.3 is 0 Å². The molecule has 0 amide bonds. The lowest BCUT2D eigenvalue weighted by Gasteiger charge is -2.07. The van der Waals surface area contributed by atoms with Crippen molar-refractivity contribution in [3.05, 3.63) is 60.0 Å². The number of rotatable bonds is 2. The second kappa shape index (κ2) is 4.58. The first-order chi connectivity index (χ1) is 8.86. The van der Waals surface area contributed by atoms with E-state index in [2.05, 4.69) is 15.2 Å². The van der Waals surface area contributed by atoms with Crippen molar-refractivity contribution >= 4 is 11.6 Å². The molecule has 0 radical (unpaired) electrons. The average Bonchev–Trinajstić information content (AvgIpc) is 2.89. The number of halogens is 1. The van der Waals surface area contributed by atoms with Gasteiger partial charge in [0, 0.05) is 6.20 Å². The Labute approximate surface area is 109 Å². The predicted octanol–water partition coefficient (Wildman–Crippen LogP) is 2.98. The molecular weight excluding hydrogens is 248 g/mol. The van der Waals surface area contributed by atoms with Crippen LogP contribution >= 0.6 is 11.6 Å². The van der Waals surface area contributed by atoms with Crippen LogP contribution in [0.15, 0.2) is 55.0 Å². The molecule has 0 saturated heterocycles. The van der Waals surface area contributed by atoms with Gasteiger partial charge in [0.25, 0.3) is 0 Å². The van der Waals surface area contributed by atoms with Gasteiger partial charge in [-0.05, 0) is 24.3 Å². The Balaban J connectivity index is 2.16. The summed E-state index contributed by atoms with van der Waals surface area (Å²) in [4.78, 5) is 4.27. The van der Waals surface area contributed by atoms with Gasteiger partial charge in [0.15, 0.2) is 5.82 Å². The second-order valence-electron chi connectivity index (χ2n) is 3.69. The fraction of sp³-hybridized carbons (Fsp3) is 0. The van der Waals surface area contributed by atoms with Crippen molar-refractivity contribution in [2.24, 2.45) is 0 Å². The Bertz CT molecular complexity index is 664. The van der Waals surface area contributed by atoms with Crippen LogP contribution in [0, 0.1) is 0 Å². The van der Waals surface area contributed by atoms with Gasteiger partial charge in [-0.3, -0.25) is 9.55 Å². The van der Waals surface area contributed by atoms with E-state index in [1.807, 2.05) is 47.0 Å². The van der Waals surface area contributed by atoms with Crippen molar-refractivity contribution in [2.75, 3.05) is 0 Å². The fourth-order valence-electron chi connectivity index (χ4n) is 1.73. The zero-order valence-corrected chi connectivity index (χ0v) is 10.1. The first-order valence-corrected chi connectivity index (χ1v) is 5.80. The lowest BCUT2D eigenvalue weighted by molar-refractivity contribution is 1.05. The Morgan fingerprint density at radius 2 is 1.83 bits per heavy atom. The van der Waals surface area contributed by atoms with Gasteiger partial charge in [0.2, 0.25) is 0 Å². The average molecular weight is 257 g/mol. The molecule has 0 spiro atoms. The summed E-state index contributed by atoms with van der Waals surface area (Å²) >= 11 is 6.18. The van der Waals surface area contributed by atoms with Crippen molar-refractivity contribution in [3.8, 4) is 17.2 Å². The van der Waals surface area contributed by atoms with Gasteiger partial charge in [0.1, 0.15) is 12.0 Å². The molecule has 18 heavy (non-hydrogen) atoms. The molecule has 0 aliphatic carbocycles. The molecule has 4 nitrogen and oxygen atoms in total. The Kier molecular flexibility index (Phi) is 2.78. The van der Waals surface area contributed by atoms with Gasteiger partial charge in [-0.15, -0.1) is 10.2 Å². The number of pyridine rings is 1. The summed E-state index contributed by atoms with van der Waals surface area (Å²) in [5.41, 5.74) is 1.60. The molecule has 0 atom stereocenters. The summed E-state index contributed by atoms with van der Waals surface area (Å²) in [6.45, 7) is 0. The molecule has 5 heteroatoms. The summed E-state index contributed by atoms with van der Waals surface area (Å²) in [7, 11) is 0. The van der Waals surface area contributed by atoms with E-state index in [1.54, 1.807) is 12.5 Å². The lowest BCUT2D eigenvalue weighted by Crippen LogP contribution is -1.98. The largest absolute Gasteiger partial charge is 0.279 e. The molecule has 0 aliphatic rings. The first kappa shape index (κ1) is 10.9. The molecular formula is C13H9ClN4. The number of benzene rings is 1. The highest BCUT2D eigenvalue weighted by Crippen LogP contribution is 2.24. The van der Waals surface area contributed by atoms with Gasteiger partial charge in [0.05, 0.1) is 10.7 Å². The molecule has 0 N–H and O–H groups in total. The van der Waals surface area contributed by atoms with E-state index in [0.717, 1.165) is 11.4 Å². The van der Waals surface area contributed by atoms with Crippen molar-refractivity contribution in [3.63, 3.8) is 0 Å². The number of hydrogen-bond donors (Lipinski definition) is 0. The smallest absolute Gasteiger partial charge is 0.187 e. The van der Waals surface area contributed by atoms with Crippen molar-refractivity contribution in [2.45, 2.75) is 0 Å². The summed E-state index contributed by atoms with van der Waals surface area (Å²) < 4.78 is 1.82. The molecule has 0 unspecified atom stereocenters. The topological polar surface area (TPSA) is 43.6 Å². The normalized spacial score (nSPS) is 10.5. The van der Waals surface area contributed by atoms with E-state index in [-0.39, 0.29) is 0 Å². The first-order valence-electron chi connectivity index (χ1n) is 5.42. The van der Waals surface area contributed by atoms with Crippen LogP contribution in [0.1, 0.15) is 0 Å². The van der Waals surface area contributed by atoms with Crippen LogP contribution < -0.4 is 0 Å². The molecule has 0 saturated carbocycles. The molecule has 0 fully saturated rings. The van der Waals surface area contributed by atoms with Crippen LogP contribution in [0.2, 0.25) is 5.02 Å².